The molecule has 3 N–H and O–H groups in total. The number of piperidine rings is 2. The normalized spacial score (nSPS) is 28.3. The first-order chi connectivity index (χ1) is 13.6. The van der Waals surface area contributed by atoms with Gasteiger partial charge in [0.1, 0.15) is 11.3 Å². The Morgan fingerprint density at radius 1 is 1.34 bits per heavy atom. The number of aromatic nitrogens is 1. The van der Waals surface area contributed by atoms with Crippen molar-refractivity contribution in [3.8, 4) is 5.75 Å². The Morgan fingerprint density at radius 3 is 2.59 bits per heavy atom. The van der Waals surface area contributed by atoms with Crippen LogP contribution < -0.4 is 20.8 Å². The molecule has 2 aliphatic heterocycles. The molecule has 2 aliphatic carbocycles. The van der Waals surface area contributed by atoms with Gasteiger partial charge in [-0.15, -0.1) is 0 Å². The van der Waals surface area contributed by atoms with E-state index in [2.05, 4.69) is 6.92 Å². The van der Waals surface area contributed by atoms with Gasteiger partial charge in [-0.2, -0.15) is 0 Å². The minimum absolute atomic E-state index is 0.0305. The maximum Gasteiger partial charge on any atom is 0.341 e. The van der Waals surface area contributed by atoms with Gasteiger partial charge in [0.15, 0.2) is 11.6 Å². The fraction of sp³-hybridized carbons (Fsp3) is 0.524. The lowest BCUT2D eigenvalue weighted by molar-refractivity contribution is 0.0223. The quantitative estimate of drug-likeness (QED) is 0.817. The van der Waals surface area contributed by atoms with Crippen LogP contribution in [0.4, 0.5) is 10.1 Å². The number of aromatic carboxylic acids is 1. The number of carboxylic acid groups (broad SMARTS) is 1. The molecule has 0 unspecified atom stereocenters. The number of carboxylic acids is 1. The Kier molecular flexibility index (Phi) is 3.63. The summed E-state index contributed by atoms with van der Waals surface area (Å²) < 4.78 is 22.8. The summed E-state index contributed by atoms with van der Waals surface area (Å²) in [6.07, 6.45) is 4.93. The van der Waals surface area contributed by atoms with Crippen molar-refractivity contribution in [3.05, 3.63) is 33.9 Å². The summed E-state index contributed by atoms with van der Waals surface area (Å²) in [5.41, 5.74) is 5.84. The lowest BCUT2D eigenvalue weighted by Crippen LogP contribution is -2.70. The van der Waals surface area contributed by atoms with Crippen LogP contribution in [-0.4, -0.2) is 41.4 Å². The molecule has 7 nitrogen and oxygen atoms in total. The first-order valence-electron chi connectivity index (χ1n) is 9.87. The summed E-state index contributed by atoms with van der Waals surface area (Å²) in [4.78, 5) is 26.3. The van der Waals surface area contributed by atoms with E-state index < -0.39 is 17.2 Å². The molecule has 0 atom stereocenters. The van der Waals surface area contributed by atoms with Crippen molar-refractivity contribution < 1.29 is 19.0 Å². The molecular weight excluding hydrogens is 377 g/mol. The van der Waals surface area contributed by atoms with E-state index in [1.807, 2.05) is 4.90 Å². The highest BCUT2D eigenvalue weighted by atomic mass is 19.1. The third kappa shape index (κ3) is 2.65. The van der Waals surface area contributed by atoms with Gasteiger partial charge in [0.2, 0.25) is 5.43 Å². The molecule has 0 radical (unpaired) electrons. The summed E-state index contributed by atoms with van der Waals surface area (Å²) in [6.45, 7) is 3.32. The average molecular weight is 401 g/mol. The number of nitrogens with two attached hydrogens (primary N) is 1. The molecule has 0 spiro atoms. The molecule has 29 heavy (non-hydrogen) atoms. The van der Waals surface area contributed by atoms with Crippen LogP contribution >= 0.6 is 0 Å². The van der Waals surface area contributed by atoms with E-state index in [9.17, 15) is 14.7 Å². The summed E-state index contributed by atoms with van der Waals surface area (Å²) in [6, 6.07) is 1.24. The number of carbonyl (C=O) groups is 1. The Bertz CT molecular complexity index is 1100. The minimum atomic E-state index is -1.32. The van der Waals surface area contributed by atoms with Crippen LogP contribution in [0.3, 0.4) is 0 Å². The second kappa shape index (κ2) is 5.72. The third-order valence-electron chi connectivity index (χ3n) is 6.53. The Hall–Kier alpha value is -2.61. The van der Waals surface area contributed by atoms with Crippen molar-refractivity contribution in [2.45, 2.75) is 44.2 Å². The molecule has 0 amide bonds. The van der Waals surface area contributed by atoms with Gasteiger partial charge in [0, 0.05) is 30.9 Å². The van der Waals surface area contributed by atoms with Crippen LogP contribution in [0.1, 0.15) is 49.0 Å². The smallest absolute Gasteiger partial charge is 0.341 e. The number of hydrogen-bond donors (Lipinski definition) is 2. The number of fused-ring (bicyclic) bond motifs is 3. The van der Waals surface area contributed by atoms with Crippen LogP contribution in [-0.2, 0) is 0 Å². The first kappa shape index (κ1) is 18.4. The van der Waals surface area contributed by atoms with Crippen molar-refractivity contribution in [1.82, 2.24) is 4.57 Å². The molecular formula is C21H24FN3O4. The number of nitrogens with zero attached hydrogens (tertiary/aromatic N) is 2. The van der Waals surface area contributed by atoms with Crippen molar-refractivity contribution in [3.63, 3.8) is 0 Å². The molecule has 2 aromatic rings. The van der Waals surface area contributed by atoms with Crippen LogP contribution in [0.5, 0.6) is 5.75 Å². The van der Waals surface area contributed by atoms with Gasteiger partial charge in [-0.05, 0) is 37.2 Å². The second-order valence-corrected chi connectivity index (χ2v) is 9.33. The zero-order valence-electron chi connectivity index (χ0n) is 16.5. The summed E-state index contributed by atoms with van der Waals surface area (Å²) >= 11 is 0. The number of ether oxygens (including phenoxy) is 1. The standard InChI is InChI=1S/C21H24FN3O4/c1-20-7-21(23,8-20)10-24(9-20)16-14(22)5-12-15(18(16)29-2)25(11-3-4-11)6-13(17(12)26)19(27)28/h5-6,11H,3-4,7-10,23H2,1-2H3,(H,27,28). The highest BCUT2D eigenvalue weighted by molar-refractivity contribution is 5.97. The lowest BCUT2D eigenvalue weighted by atomic mass is 9.55. The number of anilines is 1. The average Bonchev–Trinajstić information content (AvgIpc) is 3.44. The monoisotopic (exact) mass is 401 g/mol. The number of hydrogen-bond acceptors (Lipinski definition) is 5. The molecule has 2 saturated carbocycles. The van der Waals surface area contributed by atoms with Crippen LogP contribution in [0.2, 0.25) is 0 Å². The molecule has 4 fully saturated rings. The minimum Gasteiger partial charge on any atom is -0.492 e. The number of pyridine rings is 1. The van der Waals surface area contributed by atoms with E-state index in [-0.39, 0.29) is 33.7 Å². The summed E-state index contributed by atoms with van der Waals surface area (Å²) in [5, 5.41) is 9.47. The van der Waals surface area contributed by atoms with Gasteiger partial charge >= 0.3 is 5.97 Å². The topological polar surface area (TPSA) is 97.8 Å². The predicted octanol–water partition coefficient (Wildman–Crippen LogP) is 2.50. The van der Waals surface area contributed by atoms with E-state index in [0.29, 0.717) is 24.3 Å². The maximum atomic E-state index is 15.3. The fourth-order valence-electron chi connectivity index (χ4n) is 5.65. The number of halogens is 1. The molecule has 154 valence electrons. The third-order valence-corrected chi connectivity index (χ3v) is 6.53. The summed E-state index contributed by atoms with van der Waals surface area (Å²) in [7, 11) is 1.45. The van der Waals surface area contributed by atoms with Gasteiger partial charge in [0.25, 0.3) is 0 Å². The van der Waals surface area contributed by atoms with E-state index >= 15 is 4.39 Å². The lowest BCUT2D eigenvalue weighted by Gasteiger charge is -2.61. The molecule has 1 aromatic heterocycles. The van der Waals surface area contributed by atoms with Crippen LogP contribution in [0.15, 0.2) is 17.1 Å². The maximum absolute atomic E-state index is 15.3. The highest BCUT2D eigenvalue weighted by Gasteiger charge is 2.55. The zero-order chi connectivity index (χ0) is 20.7. The fourth-order valence-corrected chi connectivity index (χ4v) is 5.65. The van der Waals surface area contributed by atoms with E-state index in [0.717, 1.165) is 31.7 Å². The van der Waals surface area contributed by atoms with Crippen molar-refractivity contribution >= 4 is 22.6 Å². The Balaban J connectivity index is 1.78. The van der Waals surface area contributed by atoms with Crippen molar-refractivity contribution in [1.29, 1.82) is 0 Å². The SMILES string of the molecule is COc1c(N2CC3(C)CC(N)(C2)C3)c(F)cc2c(=O)c(C(=O)O)cn(C3CC3)c12. The van der Waals surface area contributed by atoms with E-state index in [1.165, 1.54) is 13.3 Å². The zero-order valence-corrected chi connectivity index (χ0v) is 16.5. The summed E-state index contributed by atoms with van der Waals surface area (Å²) in [5.74, 6) is -1.64. The molecule has 2 saturated heterocycles. The molecule has 1 aromatic carbocycles. The van der Waals surface area contributed by atoms with E-state index in [4.69, 9.17) is 10.5 Å². The Morgan fingerprint density at radius 2 is 2.03 bits per heavy atom. The molecule has 2 bridgehead atoms. The molecule has 8 heteroatoms. The van der Waals surface area contributed by atoms with Gasteiger partial charge in [0.05, 0.1) is 18.0 Å². The number of benzene rings is 1. The van der Waals surface area contributed by atoms with Gasteiger partial charge in [-0.25, -0.2) is 9.18 Å². The molecule has 4 aliphatic rings. The van der Waals surface area contributed by atoms with Gasteiger partial charge in [-0.3, -0.25) is 4.79 Å². The highest BCUT2D eigenvalue weighted by Crippen LogP contribution is 2.54. The number of methoxy groups -OCH3 is 1. The van der Waals surface area contributed by atoms with Crippen molar-refractivity contribution in [2.24, 2.45) is 11.1 Å². The molecule has 3 heterocycles. The predicted molar refractivity (Wildman–Crippen MR) is 106 cm³/mol. The largest absolute Gasteiger partial charge is 0.492 e. The van der Waals surface area contributed by atoms with Gasteiger partial charge < -0.3 is 25.0 Å². The Labute approximate surface area is 166 Å². The first-order valence-corrected chi connectivity index (χ1v) is 9.87. The van der Waals surface area contributed by atoms with Crippen LogP contribution in [0, 0.1) is 11.2 Å². The molecule has 6 rings (SSSR count). The van der Waals surface area contributed by atoms with E-state index in [1.54, 1.807) is 4.57 Å². The van der Waals surface area contributed by atoms with Crippen LogP contribution in [0.25, 0.3) is 10.9 Å². The number of rotatable bonds is 4. The van der Waals surface area contributed by atoms with Gasteiger partial charge in [-0.1, -0.05) is 6.92 Å². The second-order valence-electron chi connectivity index (χ2n) is 9.33. The van der Waals surface area contributed by atoms with Crippen molar-refractivity contribution in [2.75, 3.05) is 25.1 Å².